The maximum Gasteiger partial charge on any atom is 0.139 e. The molecule has 3 aliphatic rings. The molecule has 3 aliphatic carbocycles. The number of hydrogen-bond acceptors (Lipinski definition) is 2. The fourth-order valence-electron chi connectivity index (χ4n) is 5.39. The van der Waals surface area contributed by atoms with Gasteiger partial charge in [0.2, 0.25) is 0 Å². The van der Waals surface area contributed by atoms with E-state index in [0.29, 0.717) is 30.5 Å². The van der Waals surface area contributed by atoms with Crippen LogP contribution in [0.1, 0.15) is 49.7 Å². The molecule has 2 fully saturated rings. The summed E-state index contributed by atoms with van der Waals surface area (Å²) in [5, 5.41) is 9.70. The number of fused-ring (bicyclic) bond motifs is 5. The molecule has 2 saturated carbocycles. The lowest BCUT2D eigenvalue weighted by Crippen LogP contribution is -2.43. The van der Waals surface area contributed by atoms with Crippen molar-refractivity contribution in [3.63, 3.8) is 0 Å². The van der Waals surface area contributed by atoms with E-state index in [4.69, 9.17) is 0 Å². The number of rotatable bonds is 0. The second-order valence-electron chi connectivity index (χ2n) is 7.41. The highest BCUT2D eigenvalue weighted by Crippen LogP contribution is 2.61. The monoisotopic (exact) mass is 300 g/mol. The van der Waals surface area contributed by atoms with Crippen molar-refractivity contribution in [1.82, 2.24) is 0 Å². The molecule has 0 spiro atoms. The molecule has 0 bridgehead atoms. The van der Waals surface area contributed by atoms with Crippen LogP contribution >= 0.6 is 0 Å². The van der Waals surface area contributed by atoms with E-state index in [-0.39, 0.29) is 17.1 Å². The van der Waals surface area contributed by atoms with E-state index in [1.165, 1.54) is 0 Å². The molecule has 3 heteroatoms. The quantitative estimate of drug-likeness (QED) is 0.776. The zero-order valence-electron chi connectivity index (χ0n) is 12.8. The number of phenolic OH excluding ortho intramolecular Hbond substituents is 1. The Balaban J connectivity index is 1.83. The first-order valence-electron chi connectivity index (χ1n) is 8.19. The summed E-state index contributed by atoms with van der Waals surface area (Å²) < 4.78 is 13.7. The summed E-state index contributed by atoms with van der Waals surface area (Å²) >= 11 is 0. The minimum Gasteiger partial charge on any atom is -0.508 e. The first-order valence-corrected chi connectivity index (χ1v) is 8.19. The molecule has 116 valence electrons. The Morgan fingerprint density at radius 3 is 2.91 bits per heavy atom. The molecule has 22 heavy (non-hydrogen) atoms. The molecular formula is C19H21FO2. The van der Waals surface area contributed by atoms with Crippen LogP contribution in [0.4, 0.5) is 4.39 Å². The first kappa shape index (κ1) is 14.0. The van der Waals surface area contributed by atoms with Crippen molar-refractivity contribution in [1.29, 1.82) is 0 Å². The van der Waals surface area contributed by atoms with Gasteiger partial charge in [-0.25, -0.2) is 4.39 Å². The summed E-state index contributed by atoms with van der Waals surface area (Å²) in [5.41, 5.74) is 2.69. The molecule has 1 N–H and O–H groups in total. The molecule has 0 radical (unpaired) electrons. The van der Waals surface area contributed by atoms with Gasteiger partial charge in [0.1, 0.15) is 11.5 Å². The largest absolute Gasteiger partial charge is 0.508 e. The Morgan fingerprint density at radius 1 is 1.32 bits per heavy atom. The number of Topliss-reactive ketones (excluding diaryl/α,β-unsaturated/α-hetero) is 1. The molecule has 2 nitrogen and oxygen atoms in total. The van der Waals surface area contributed by atoms with Gasteiger partial charge in [-0.2, -0.15) is 0 Å². The Bertz CT molecular complexity index is 678. The van der Waals surface area contributed by atoms with Crippen LogP contribution < -0.4 is 0 Å². The number of allylic oxidation sites excluding steroid dienone is 1. The number of carbonyl (C=O) groups is 1. The summed E-state index contributed by atoms with van der Waals surface area (Å²) in [6, 6.07) is 5.46. The normalized spacial score (nSPS) is 38.5. The minimum atomic E-state index is -0.368. The lowest BCUT2D eigenvalue weighted by Gasteiger charge is -2.49. The average molecular weight is 300 g/mol. The molecular weight excluding hydrogens is 279 g/mol. The smallest absolute Gasteiger partial charge is 0.139 e. The number of hydrogen-bond donors (Lipinski definition) is 1. The van der Waals surface area contributed by atoms with Gasteiger partial charge in [-0.3, -0.25) is 4.79 Å². The summed E-state index contributed by atoms with van der Waals surface area (Å²) in [7, 11) is 0. The van der Waals surface area contributed by atoms with Crippen molar-refractivity contribution >= 4 is 5.78 Å². The van der Waals surface area contributed by atoms with Gasteiger partial charge >= 0.3 is 0 Å². The van der Waals surface area contributed by atoms with E-state index in [9.17, 15) is 14.3 Å². The van der Waals surface area contributed by atoms with Gasteiger partial charge in [0.05, 0.1) is 6.33 Å². The van der Waals surface area contributed by atoms with Crippen LogP contribution in [-0.2, 0) is 11.2 Å². The van der Waals surface area contributed by atoms with Gasteiger partial charge in [-0.05, 0) is 66.4 Å². The number of benzene rings is 1. The van der Waals surface area contributed by atoms with E-state index in [1.807, 2.05) is 19.1 Å². The van der Waals surface area contributed by atoms with Crippen molar-refractivity contribution in [2.45, 2.75) is 44.9 Å². The summed E-state index contributed by atoms with van der Waals surface area (Å²) in [4.78, 5) is 12.4. The SMILES string of the molecule is C[C@]12C/C(=C\F)[C@@H]3c4ccc(O)cc4CC[C@H]3[C@@H]1CCC2=O. The number of aryl methyl sites for hydroxylation is 1. The van der Waals surface area contributed by atoms with Crippen LogP contribution in [0, 0.1) is 17.3 Å². The van der Waals surface area contributed by atoms with E-state index in [2.05, 4.69) is 0 Å². The van der Waals surface area contributed by atoms with Crippen LogP contribution in [0.3, 0.4) is 0 Å². The molecule has 0 aliphatic heterocycles. The van der Waals surface area contributed by atoms with Gasteiger partial charge in [0.25, 0.3) is 0 Å². The van der Waals surface area contributed by atoms with Crippen molar-refractivity contribution < 1.29 is 14.3 Å². The molecule has 4 rings (SSSR count). The third-order valence-corrected chi connectivity index (χ3v) is 6.40. The second kappa shape index (κ2) is 4.68. The Kier molecular flexibility index (Phi) is 2.97. The highest BCUT2D eigenvalue weighted by molar-refractivity contribution is 5.87. The predicted molar refractivity (Wildman–Crippen MR) is 82.3 cm³/mol. The molecule has 0 unspecified atom stereocenters. The fraction of sp³-hybridized carbons (Fsp3) is 0.526. The molecule has 0 saturated heterocycles. The first-order chi connectivity index (χ1) is 10.5. The highest BCUT2D eigenvalue weighted by atomic mass is 19.1. The summed E-state index contributed by atoms with van der Waals surface area (Å²) in [5.74, 6) is 1.39. The third-order valence-electron chi connectivity index (χ3n) is 6.40. The second-order valence-corrected chi connectivity index (χ2v) is 7.41. The topological polar surface area (TPSA) is 37.3 Å². The van der Waals surface area contributed by atoms with Crippen LogP contribution in [0.15, 0.2) is 30.1 Å². The van der Waals surface area contributed by atoms with Crippen molar-refractivity contribution in [2.24, 2.45) is 17.3 Å². The molecule has 4 atom stereocenters. The Hall–Kier alpha value is -1.64. The number of aromatic hydroxyl groups is 1. The number of carbonyl (C=O) groups excluding carboxylic acids is 1. The predicted octanol–water partition coefficient (Wildman–Crippen LogP) is 4.28. The highest BCUT2D eigenvalue weighted by Gasteiger charge is 2.56. The van der Waals surface area contributed by atoms with Gasteiger partial charge < -0.3 is 5.11 Å². The van der Waals surface area contributed by atoms with Crippen LogP contribution in [-0.4, -0.2) is 10.9 Å². The molecule has 0 amide bonds. The molecule has 0 heterocycles. The molecule has 1 aromatic carbocycles. The Morgan fingerprint density at radius 2 is 2.14 bits per heavy atom. The van der Waals surface area contributed by atoms with Gasteiger partial charge in [0, 0.05) is 17.8 Å². The molecule has 0 aromatic heterocycles. The zero-order chi connectivity index (χ0) is 15.5. The number of phenols is 1. The number of ketones is 1. The standard InChI is InChI=1S/C19H21FO2/c1-19-9-12(10-20)18-14-5-3-13(21)8-11(14)2-4-15(18)16(19)6-7-17(19)22/h3,5,8,10,15-16,18,21H,2,4,6-7,9H2,1H3/b12-10+/t15-,16-,18+,19-/m0/s1. The maximum atomic E-state index is 13.7. The van der Waals surface area contributed by atoms with Crippen LogP contribution in [0.25, 0.3) is 0 Å². The van der Waals surface area contributed by atoms with Gasteiger partial charge in [-0.15, -0.1) is 0 Å². The van der Waals surface area contributed by atoms with Crippen LogP contribution in [0.5, 0.6) is 5.75 Å². The minimum absolute atomic E-state index is 0.0818. The summed E-state index contributed by atoms with van der Waals surface area (Å²) in [6.45, 7) is 2.04. The third kappa shape index (κ3) is 1.74. The average Bonchev–Trinajstić information content (AvgIpc) is 2.81. The van der Waals surface area contributed by atoms with E-state index in [0.717, 1.165) is 42.3 Å². The van der Waals surface area contributed by atoms with Gasteiger partial charge in [-0.1, -0.05) is 13.0 Å². The van der Waals surface area contributed by atoms with Crippen molar-refractivity contribution in [3.8, 4) is 5.75 Å². The zero-order valence-corrected chi connectivity index (χ0v) is 12.8. The fourth-order valence-corrected chi connectivity index (χ4v) is 5.39. The lowest BCUT2D eigenvalue weighted by molar-refractivity contribution is -0.128. The van der Waals surface area contributed by atoms with E-state index >= 15 is 0 Å². The van der Waals surface area contributed by atoms with Crippen LogP contribution in [0.2, 0.25) is 0 Å². The van der Waals surface area contributed by atoms with Crippen molar-refractivity contribution in [2.75, 3.05) is 0 Å². The summed E-state index contributed by atoms with van der Waals surface area (Å²) in [6.07, 6.45) is 4.77. The lowest BCUT2D eigenvalue weighted by atomic mass is 9.54. The van der Waals surface area contributed by atoms with Crippen molar-refractivity contribution in [3.05, 3.63) is 41.2 Å². The van der Waals surface area contributed by atoms with E-state index in [1.54, 1.807) is 6.07 Å². The molecule has 1 aromatic rings. The number of halogens is 1. The Labute approximate surface area is 130 Å². The van der Waals surface area contributed by atoms with Gasteiger partial charge in [0.15, 0.2) is 0 Å². The van der Waals surface area contributed by atoms with E-state index < -0.39 is 0 Å². The maximum absolute atomic E-state index is 13.7.